The van der Waals surface area contributed by atoms with E-state index >= 15 is 0 Å². The minimum absolute atomic E-state index is 0.0387. The number of rotatable bonds is 11. The number of halogens is 1. The maximum Gasteiger partial charge on any atom is 0.303 e. The third-order valence-electron chi connectivity index (χ3n) is 5.51. The van der Waals surface area contributed by atoms with Gasteiger partial charge >= 0.3 is 5.97 Å². The van der Waals surface area contributed by atoms with Crippen molar-refractivity contribution in [2.24, 2.45) is 0 Å². The van der Waals surface area contributed by atoms with Crippen LogP contribution < -0.4 is 0 Å². The zero-order chi connectivity index (χ0) is 23.8. The highest BCUT2D eigenvalue weighted by Gasteiger charge is 2.54. The van der Waals surface area contributed by atoms with Crippen molar-refractivity contribution in [3.8, 4) is 0 Å². The van der Waals surface area contributed by atoms with Gasteiger partial charge in [0.05, 0.1) is 13.2 Å². The first kappa shape index (κ1) is 27.3. The molecule has 0 amide bonds. The molecule has 0 aliphatic carbocycles. The molecule has 0 N–H and O–H groups in total. The van der Waals surface area contributed by atoms with Crippen molar-refractivity contribution in [1.29, 1.82) is 0 Å². The second kappa shape index (κ2) is 13.1. The highest BCUT2D eigenvalue weighted by Crippen LogP contribution is 2.34. The summed E-state index contributed by atoms with van der Waals surface area (Å²) in [5.41, 5.74) is 0. The van der Waals surface area contributed by atoms with Gasteiger partial charge in [-0.3, -0.25) is 4.79 Å². The molecule has 0 aromatic carbocycles. The second-order valence-electron chi connectivity index (χ2n) is 7.46. The molecule has 0 saturated carbocycles. The van der Waals surface area contributed by atoms with Crippen LogP contribution in [0.3, 0.4) is 0 Å². The number of alkyl halides is 1. The predicted octanol–water partition coefficient (Wildman–Crippen LogP) is 0.0754. The molecule has 2 fully saturated rings. The highest BCUT2D eigenvalue weighted by molar-refractivity contribution is 5.66. The topological polar surface area (TPSA) is 109 Å². The van der Waals surface area contributed by atoms with Gasteiger partial charge in [-0.05, 0) is 0 Å². The Morgan fingerprint density at radius 2 is 1.22 bits per heavy atom. The highest BCUT2D eigenvalue weighted by atomic mass is 19.1. The van der Waals surface area contributed by atoms with Gasteiger partial charge < -0.3 is 47.4 Å². The van der Waals surface area contributed by atoms with Crippen LogP contribution in [0.25, 0.3) is 0 Å². The van der Waals surface area contributed by atoms with Gasteiger partial charge in [0, 0.05) is 49.6 Å². The van der Waals surface area contributed by atoms with E-state index in [-0.39, 0.29) is 13.2 Å². The molecule has 2 heterocycles. The molecular weight excluding hydrogens is 435 g/mol. The van der Waals surface area contributed by atoms with Crippen molar-refractivity contribution >= 4 is 5.97 Å². The Labute approximate surface area is 187 Å². The zero-order valence-corrected chi connectivity index (χ0v) is 19.6. The smallest absolute Gasteiger partial charge is 0.303 e. The number of esters is 1. The molecule has 2 aliphatic rings. The summed E-state index contributed by atoms with van der Waals surface area (Å²) in [4.78, 5) is 11.7. The van der Waals surface area contributed by atoms with Gasteiger partial charge in [0.15, 0.2) is 12.4 Å². The molecular formula is C20H35FO11. The summed E-state index contributed by atoms with van der Waals surface area (Å²) >= 11 is 0. The fourth-order valence-electron chi connectivity index (χ4n) is 4.13. The SMILES string of the molecule is COC[C@H]1O[C@@H](O[C@H]2[C@H](OC)[C@@H](OC)C(F)O[C@@H]2COC)[C@H](OC)[C@@H](OC)[C@@H]1OC(C)=O. The first-order chi connectivity index (χ1) is 15.4. The van der Waals surface area contributed by atoms with E-state index in [0.717, 1.165) is 0 Å². The van der Waals surface area contributed by atoms with Crippen LogP contribution in [0.2, 0.25) is 0 Å². The lowest BCUT2D eigenvalue weighted by Crippen LogP contribution is -2.65. The van der Waals surface area contributed by atoms with Crippen LogP contribution in [-0.2, 0) is 52.2 Å². The van der Waals surface area contributed by atoms with Crippen molar-refractivity contribution in [2.75, 3.05) is 55.9 Å². The molecule has 2 saturated heterocycles. The summed E-state index contributed by atoms with van der Waals surface area (Å²) in [5.74, 6) is -0.506. The molecule has 188 valence electrons. The summed E-state index contributed by atoms with van der Waals surface area (Å²) in [5, 5.41) is 0. The van der Waals surface area contributed by atoms with Crippen molar-refractivity contribution in [3.05, 3.63) is 0 Å². The number of carbonyl (C=O) groups excluding carboxylic acids is 1. The molecule has 0 aromatic heterocycles. The van der Waals surface area contributed by atoms with Crippen LogP contribution in [0, 0.1) is 0 Å². The Balaban J connectivity index is 2.34. The second-order valence-corrected chi connectivity index (χ2v) is 7.46. The molecule has 0 bridgehead atoms. The van der Waals surface area contributed by atoms with Gasteiger partial charge in [0.25, 0.3) is 0 Å². The largest absolute Gasteiger partial charge is 0.457 e. The number of carbonyl (C=O) groups is 1. The van der Waals surface area contributed by atoms with Crippen LogP contribution >= 0.6 is 0 Å². The zero-order valence-electron chi connectivity index (χ0n) is 19.6. The van der Waals surface area contributed by atoms with Gasteiger partial charge in [-0.25, -0.2) is 4.39 Å². The van der Waals surface area contributed by atoms with Gasteiger partial charge in [0.1, 0.15) is 42.7 Å². The molecule has 0 radical (unpaired) electrons. The van der Waals surface area contributed by atoms with Gasteiger partial charge in [-0.15, -0.1) is 0 Å². The average molecular weight is 470 g/mol. The van der Waals surface area contributed by atoms with Crippen molar-refractivity contribution in [3.63, 3.8) is 0 Å². The van der Waals surface area contributed by atoms with E-state index in [2.05, 4.69) is 0 Å². The summed E-state index contributed by atoms with van der Waals surface area (Å²) in [7, 11) is 8.64. The Morgan fingerprint density at radius 3 is 1.69 bits per heavy atom. The van der Waals surface area contributed by atoms with Crippen LogP contribution in [0.4, 0.5) is 4.39 Å². The summed E-state index contributed by atoms with van der Waals surface area (Å²) in [6.07, 6.45) is -9.35. The third kappa shape index (κ3) is 6.13. The lowest BCUT2D eigenvalue weighted by atomic mass is 9.96. The van der Waals surface area contributed by atoms with E-state index in [4.69, 9.17) is 47.4 Å². The monoisotopic (exact) mass is 470 g/mol. The fraction of sp³-hybridized carbons (Fsp3) is 0.950. The molecule has 2 rings (SSSR count). The molecule has 12 heteroatoms. The number of hydrogen-bond donors (Lipinski definition) is 0. The van der Waals surface area contributed by atoms with Crippen LogP contribution in [-0.4, -0.2) is 123 Å². The Morgan fingerprint density at radius 1 is 0.719 bits per heavy atom. The van der Waals surface area contributed by atoms with Crippen molar-refractivity contribution in [1.82, 2.24) is 0 Å². The summed E-state index contributed by atoms with van der Waals surface area (Å²) in [6.45, 7) is 1.42. The molecule has 1 unspecified atom stereocenters. The maximum atomic E-state index is 14.5. The van der Waals surface area contributed by atoms with Crippen LogP contribution in [0.1, 0.15) is 6.92 Å². The van der Waals surface area contributed by atoms with E-state index < -0.39 is 67.4 Å². The van der Waals surface area contributed by atoms with Crippen molar-refractivity contribution < 1.29 is 56.6 Å². The maximum absolute atomic E-state index is 14.5. The van der Waals surface area contributed by atoms with E-state index in [0.29, 0.717) is 0 Å². The summed E-state index contributed by atoms with van der Waals surface area (Å²) in [6, 6.07) is 0. The predicted molar refractivity (Wildman–Crippen MR) is 106 cm³/mol. The summed E-state index contributed by atoms with van der Waals surface area (Å²) < 4.78 is 70.1. The Kier molecular flexibility index (Phi) is 11.1. The van der Waals surface area contributed by atoms with Crippen molar-refractivity contribution in [2.45, 2.75) is 68.4 Å². The molecule has 2 aliphatic heterocycles. The third-order valence-corrected chi connectivity index (χ3v) is 5.51. The average Bonchev–Trinajstić information content (AvgIpc) is 2.76. The number of ether oxygens (including phenoxy) is 10. The molecule has 0 aromatic rings. The normalized spacial score (nSPS) is 40.2. The van der Waals surface area contributed by atoms with Gasteiger partial charge in [0.2, 0.25) is 6.36 Å². The minimum Gasteiger partial charge on any atom is -0.457 e. The lowest BCUT2D eigenvalue weighted by molar-refractivity contribution is -0.356. The van der Waals surface area contributed by atoms with E-state index in [1.807, 2.05) is 0 Å². The quantitative estimate of drug-likeness (QED) is 0.383. The van der Waals surface area contributed by atoms with E-state index in [1.54, 1.807) is 0 Å². The Hall–Kier alpha value is -0.960. The van der Waals surface area contributed by atoms with Crippen LogP contribution in [0.5, 0.6) is 0 Å². The number of hydrogen-bond acceptors (Lipinski definition) is 11. The molecule has 32 heavy (non-hydrogen) atoms. The molecule has 11 nitrogen and oxygen atoms in total. The molecule has 0 spiro atoms. The Bertz CT molecular complexity index is 568. The molecule has 10 atom stereocenters. The fourth-order valence-corrected chi connectivity index (χ4v) is 4.13. The number of methoxy groups -OCH3 is 6. The van der Waals surface area contributed by atoms with E-state index in [9.17, 15) is 9.18 Å². The van der Waals surface area contributed by atoms with Gasteiger partial charge in [-0.2, -0.15) is 0 Å². The van der Waals surface area contributed by atoms with Gasteiger partial charge in [-0.1, -0.05) is 0 Å². The first-order valence-electron chi connectivity index (χ1n) is 10.2. The minimum atomic E-state index is -1.74. The van der Waals surface area contributed by atoms with E-state index in [1.165, 1.54) is 49.6 Å². The first-order valence-corrected chi connectivity index (χ1v) is 10.2. The van der Waals surface area contributed by atoms with Crippen LogP contribution in [0.15, 0.2) is 0 Å². The standard InChI is InChI=1S/C20H35FO11/c1-10(22)29-13-12(9-24-3)31-20(18(28-7)16(13)26-5)32-14-11(8-23-2)30-19(21)17(27-6)15(14)25-4/h11-20H,8-9H2,1-7H3/t11-,12-,13-,14-,15+,16+,17-,18-,19?,20+/m1/s1. The lowest BCUT2D eigenvalue weighted by Gasteiger charge is -2.48.